The fourth-order valence-corrected chi connectivity index (χ4v) is 4.38. The second kappa shape index (κ2) is 7.09. The lowest BCUT2D eigenvalue weighted by Gasteiger charge is -2.33. The SMILES string of the molecule is O=C(CCc1cccs1)N1CCC[C@H](c2nccn2CC2CC2)C1. The predicted octanol–water partition coefficient (Wildman–Crippen LogP) is 3.69. The molecule has 1 amide bonds. The highest BCUT2D eigenvalue weighted by Gasteiger charge is 2.29. The Labute approximate surface area is 147 Å². The van der Waals surface area contributed by atoms with Gasteiger partial charge in [-0.2, -0.15) is 0 Å². The van der Waals surface area contributed by atoms with Gasteiger partial charge in [-0.05, 0) is 49.5 Å². The molecule has 1 aliphatic heterocycles. The maximum absolute atomic E-state index is 12.6. The summed E-state index contributed by atoms with van der Waals surface area (Å²) in [7, 11) is 0. The lowest BCUT2D eigenvalue weighted by molar-refractivity contribution is -0.132. The van der Waals surface area contributed by atoms with E-state index in [0.29, 0.717) is 18.2 Å². The van der Waals surface area contributed by atoms with Crippen LogP contribution in [0.3, 0.4) is 0 Å². The number of hydrogen-bond acceptors (Lipinski definition) is 3. The monoisotopic (exact) mass is 343 g/mol. The van der Waals surface area contributed by atoms with Gasteiger partial charge in [-0.3, -0.25) is 4.79 Å². The molecule has 4 rings (SSSR count). The number of hydrogen-bond donors (Lipinski definition) is 0. The van der Waals surface area contributed by atoms with Crippen molar-refractivity contribution in [2.75, 3.05) is 13.1 Å². The van der Waals surface area contributed by atoms with E-state index in [0.717, 1.165) is 44.8 Å². The third-order valence-electron chi connectivity index (χ3n) is 5.20. The third kappa shape index (κ3) is 3.72. The summed E-state index contributed by atoms with van der Waals surface area (Å²) in [5.41, 5.74) is 0. The first-order valence-electron chi connectivity index (χ1n) is 9.11. The molecule has 128 valence electrons. The van der Waals surface area contributed by atoms with Crippen LogP contribution in [0.15, 0.2) is 29.9 Å². The van der Waals surface area contributed by atoms with Gasteiger partial charge in [-0.1, -0.05) is 6.07 Å². The molecule has 0 bridgehead atoms. The largest absolute Gasteiger partial charge is 0.342 e. The average Bonchev–Trinajstić information content (AvgIpc) is 3.09. The van der Waals surface area contributed by atoms with Crippen molar-refractivity contribution < 1.29 is 4.79 Å². The van der Waals surface area contributed by atoms with Crippen molar-refractivity contribution in [1.29, 1.82) is 0 Å². The van der Waals surface area contributed by atoms with Crippen molar-refractivity contribution in [3.63, 3.8) is 0 Å². The molecule has 0 spiro atoms. The van der Waals surface area contributed by atoms with Crippen molar-refractivity contribution in [3.05, 3.63) is 40.6 Å². The third-order valence-corrected chi connectivity index (χ3v) is 6.14. The molecule has 0 aromatic carbocycles. The standard InChI is InChI=1S/C19H25N3OS/c23-18(8-7-17-4-2-12-24-17)21-10-1-3-16(14-21)19-20-9-11-22(19)13-15-5-6-15/h2,4,9,11-12,15-16H,1,3,5-8,10,13-14H2/t16-/m0/s1. The van der Waals surface area contributed by atoms with E-state index in [2.05, 4.69) is 38.2 Å². The van der Waals surface area contributed by atoms with Crippen LogP contribution >= 0.6 is 11.3 Å². The Kier molecular flexibility index (Phi) is 4.69. The molecule has 2 aromatic rings. The second-order valence-electron chi connectivity index (χ2n) is 7.14. The minimum absolute atomic E-state index is 0.299. The summed E-state index contributed by atoms with van der Waals surface area (Å²) < 4.78 is 2.34. The van der Waals surface area contributed by atoms with Crippen LogP contribution in [-0.4, -0.2) is 33.4 Å². The second-order valence-corrected chi connectivity index (χ2v) is 8.17. The summed E-state index contributed by atoms with van der Waals surface area (Å²) in [6.45, 7) is 2.85. The number of imidazole rings is 1. The Morgan fingerprint density at radius 3 is 3.04 bits per heavy atom. The van der Waals surface area contributed by atoms with Gasteiger partial charge < -0.3 is 9.47 Å². The van der Waals surface area contributed by atoms with Crippen LogP contribution in [0.5, 0.6) is 0 Å². The Morgan fingerprint density at radius 1 is 1.33 bits per heavy atom. The van der Waals surface area contributed by atoms with Gasteiger partial charge in [0, 0.05) is 49.2 Å². The molecular formula is C19H25N3OS. The van der Waals surface area contributed by atoms with E-state index in [-0.39, 0.29) is 0 Å². The van der Waals surface area contributed by atoms with E-state index < -0.39 is 0 Å². The van der Waals surface area contributed by atoms with Gasteiger partial charge in [-0.15, -0.1) is 11.3 Å². The van der Waals surface area contributed by atoms with Crippen LogP contribution in [0.4, 0.5) is 0 Å². The highest BCUT2D eigenvalue weighted by molar-refractivity contribution is 7.09. The maximum Gasteiger partial charge on any atom is 0.222 e. The van der Waals surface area contributed by atoms with Gasteiger partial charge in [0.1, 0.15) is 5.82 Å². The topological polar surface area (TPSA) is 38.1 Å². The molecule has 1 saturated carbocycles. The molecule has 0 radical (unpaired) electrons. The first-order chi connectivity index (χ1) is 11.8. The predicted molar refractivity (Wildman–Crippen MR) is 96.1 cm³/mol. The van der Waals surface area contributed by atoms with E-state index >= 15 is 0 Å². The van der Waals surface area contributed by atoms with Crippen LogP contribution in [0, 0.1) is 5.92 Å². The van der Waals surface area contributed by atoms with Crippen LogP contribution in [0.25, 0.3) is 0 Å². The number of carbonyl (C=O) groups is 1. The zero-order chi connectivity index (χ0) is 16.4. The van der Waals surface area contributed by atoms with Gasteiger partial charge in [0.2, 0.25) is 5.91 Å². The van der Waals surface area contributed by atoms with Crippen molar-refractivity contribution in [3.8, 4) is 0 Å². The molecule has 3 heterocycles. The van der Waals surface area contributed by atoms with Crippen molar-refractivity contribution >= 4 is 17.2 Å². The Morgan fingerprint density at radius 2 is 2.25 bits per heavy atom. The number of amides is 1. The van der Waals surface area contributed by atoms with Gasteiger partial charge in [0.05, 0.1) is 0 Å². The fourth-order valence-electron chi connectivity index (χ4n) is 3.67. The van der Waals surface area contributed by atoms with E-state index in [1.54, 1.807) is 11.3 Å². The average molecular weight is 343 g/mol. The number of carbonyl (C=O) groups excluding carboxylic acids is 1. The van der Waals surface area contributed by atoms with Gasteiger partial charge in [0.15, 0.2) is 0 Å². The zero-order valence-corrected chi connectivity index (χ0v) is 14.9. The summed E-state index contributed by atoms with van der Waals surface area (Å²) in [5, 5.41) is 2.08. The maximum atomic E-state index is 12.6. The molecule has 2 aliphatic rings. The normalized spacial score (nSPS) is 21.2. The molecule has 0 unspecified atom stereocenters. The highest BCUT2D eigenvalue weighted by atomic mass is 32.1. The number of aryl methyl sites for hydroxylation is 1. The summed E-state index contributed by atoms with van der Waals surface area (Å²) in [6.07, 6.45) is 10.5. The van der Waals surface area contributed by atoms with E-state index in [1.807, 2.05) is 6.20 Å². The summed E-state index contributed by atoms with van der Waals surface area (Å²) in [6, 6.07) is 4.17. The Bertz CT molecular complexity index is 675. The lowest BCUT2D eigenvalue weighted by atomic mass is 9.96. The van der Waals surface area contributed by atoms with Gasteiger partial charge >= 0.3 is 0 Å². The molecule has 0 N–H and O–H groups in total. The quantitative estimate of drug-likeness (QED) is 0.802. The number of rotatable bonds is 6. The molecule has 1 saturated heterocycles. The number of piperidine rings is 1. The minimum atomic E-state index is 0.299. The highest BCUT2D eigenvalue weighted by Crippen LogP contribution is 2.33. The zero-order valence-electron chi connectivity index (χ0n) is 14.1. The molecule has 2 fully saturated rings. The smallest absolute Gasteiger partial charge is 0.222 e. The van der Waals surface area contributed by atoms with Crippen LogP contribution in [0.2, 0.25) is 0 Å². The van der Waals surface area contributed by atoms with E-state index in [4.69, 9.17) is 0 Å². The molecular weight excluding hydrogens is 318 g/mol. The summed E-state index contributed by atoms with van der Waals surface area (Å²) >= 11 is 1.74. The molecule has 2 aromatic heterocycles. The first kappa shape index (κ1) is 15.9. The number of nitrogens with zero attached hydrogens (tertiary/aromatic N) is 3. The molecule has 5 heteroatoms. The van der Waals surface area contributed by atoms with E-state index in [9.17, 15) is 4.79 Å². The van der Waals surface area contributed by atoms with Gasteiger partial charge in [-0.25, -0.2) is 4.98 Å². The number of aromatic nitrogens is 2. The van der Waals surface area contributed by atoms with Gasteiger partial charge in [0.25, 0.3) is 0 Å². The van der Waals surface area contributed by atoms with Crippen LogP contribution in [-0.2, 0) is 17.8 Å². The molecule has 4 nitrogen and oxygen atoms in total. The van der Waals surface area contributed by atoms with E-state index in [1.165, 1.54) is 23.5 Å². The Balaban J connectivity index is 1.36. The summed E-state index contributed by atoms with van der Waals surface area (Å²) in [4.78, 5) is 20.6. The van der Waals surface area contributed by atoms with Crippen LogP contribution in [0.1, 0.15) is 48.7 Å². The number of likely N-dealkylation sites (tertiary alicyclic amines) is 1. The first-order valence-corrected chi connectivity index (χ1v) is 9.99. The number of thiophene rings is 1. The Hall–Kier alpha value is -1.62. The van der Waals surface area contributed by atoms with Crippen molar-refractivity contribution in [1.82, 2.24) is 14.5 Å². The fraction of sp³-hybridized carbons (Fsp3) is 0.579. The minimum Gasteiger partial charge on any atom is -0.342 e. The molecule has 1 aliphatic carbocycles. The molecule has 1 atom stereocenters. The van der Waals surface area contributed by atoms with Crippen molar-refractivity contribution in [2.45, 2.75) is 51.0 Å². The lowest BCUT2D eigenvalue weighted by Crippen LogP contribution is -2.39. The van der Waals surface area contributed by atoms with Crippen LogP contribution < -0.4 is 0 Å². The molecule has 24 heavy (non-hydrogen) atoms. The van der Waals surface area contributed by atoms with Crippen molar-refractivity contribution in [2.24, 2.45) is 5.92 Å². The summed E-state index contributed by atoms with van der Waals surface area (Å²) in [5.74, 6) is 2.74.